The zero-order valence-corrected chi connectivity index (χ0v) is 16.9. The van der Waals surface area contributed by atoms with E-state index in [0.717, 1.165) is 11.3 Å². The van der Waals surface area contributed by atoms with Gasteiger partial charge in [0.05, 0.1) is 34.3 Å². The first-order valence-corrected chi connectivity index (χ1v) is 9.72. The lowest BCUT2D eigenvalue weighted by Gasteiger charge is -2.15. The third kappa shape index (κ3) is 3.38. The fourth-order valence-electron chi connectivity index (χ4n) is 3.12. The average Bonchev–Trinajstić information content (AvgIpc) is 3.08. The fraction of sp³-hybridized carbons (Fsp3) is 0.143. The number of aromatic nitrogens is 3. The maximum absolute atomic E-state index is 13.4. The summed E-state index contributed by atoms with van der Waals surface area (Å²) in [5.74, 6) is 0.482. The Morgan fingerprint density at radius 3 is 2.55 bits per heavy atom. The van der Waals surface area contributed by atoms with E-state index in [-0.39, 0.29) is 5.56 Å². The van der Waals surface area contributed by atoms with Crippen LogP contribution in [0.5, 0.6) is 0 Å². The van der Waals surface area contributed by atoms with Crippen LogP contribution in [0.2, 0.25) is 0 Å². The Hall–Kier alpha value is -3.52. The van der Waals surface area contributed by atoms with Gasteiger partial charge in [-0.1, -0.05) is 41.7 Å². The number of nitrogens with one attached hydrogen (secondary N) is 1. The van der Waals surface area contributed by atoms with Crippen LogP contribution in [0.25, 0.3) is 27.3 Å². The second-order valence-corrected chi connectivity index (χ2v) is 7.43. The van der Waals surface area contributed by atoms with Crippen LogP contribution in [0.3, 0.4) is 0 Å². The van der Waals surface area contributed by atoms with Crippen LogP contribution in [0.1, 0.15) is 11.3 Å². The largest absolute Gasteiger partial charge is 0.453 e. The van der Waals surface area contributed by atoms with Crippen LogP contribution >= 0.6 is 11.3 Å². The number of amides is 1. The third-order valence-corrected chi connectivity index (χ3v) is 5.59. The van der Waals surface area contributed by atoms with Gasteiger partial charge in [0.2, 0.25) is 0 Å². The molecule has 0 atom stereocenters. The van der Waals surface area contributed by atoms with E-state index in [0.29, 0.717) is 32.4 Å². The van der Waals surface area contributed by atoms with E-state index >= 15 is 0 Å². The minimum Gasteiger partial charge on any atom is -0.453 e. The van der Waals surface area contributed by atoms with Gasteiger partial charge < -0.3 is 4.74 Å². The van der Waals surface area contributed by atoms with Crippen molar-refractivity contribution >= 4 is 33.5 Å². The van der Waals surface area contributed by atoms with Crippen LogP contribution < -0.4 is 10.9 Å². The summed E-state index contributed by atoms with van der Waals surface area (Å²) in [7, 11) is 1.29. The molecule has 146 valence electrons. The summed E-state index contributed by atoms with van der Waals surface area (Å²) in [6, 6.07) is 14.9. The molecule has 0 aliphatic carbocycles. The molecule has 0 saturated heterocycles. The molecule has 0 bridgehead atoms. The number of anilines is 1. The van der Waals surface area contributed by atoms with E-state index in [4.69, 9.17) is 4.98 Å². The predicted octanol–water partition coefficient (Wildman–Crippen LogP) is 4.30. The Kier molecular flexibility index (Phi) is 4.85. The smallest absolute Gasteiger partial charge is 0.413 e. The van der Waals surface area contributed by atoms with Crippen LogP contribution in [0.4, 0.5) is 9.93 Å². The van der Waals surface area contributed by atoms with Gasteiger partial charge in [-0.3, -0.25) is 14.7 Å². The van der Waals surface area contributed by atoms with Crippen LogP contribution in [0, 0.1) is 13.8 Å². The van der Waals surface area contributed by atoms with E-state index in [1.54, 1.807) is 10.6 Å². The first kappa shape index (κ1) is 18.8. The van der Waals surface area contributed by atoms with E-state index in [1.807, 2.05) is 56.3 Å². The highest BCUT2D eigenvalue weighted by atomic mass is 32.1. The number of carbonyl (C=O) groups is 1. The van der Waals surface area contributed by atoms with Crippen molar-refractivity contribution in [3.8, 4) is 16.4 Å². The van der Waals surface area contributed by atoms with Gasteiger partial charge in [0.15, 0.2) is 11.0 Å². The fourth-order valence-corrected chi connectivity index (χ4v) is 4.05. The zero-order valence-electron chi connectivity index (χ0n) is 16.1. The Morgan fingerprint density at radius 1 is 1.07 bits per heavy atom. The molecule has 0 unspecified atom stereocenters. The minimum absolute atomic E-state index is 0.157. The van der Waals surface area contributed by atoms with Gasteiger partial charge in [-0.25, -0.2) is 14.8 Å². The normalized spacial score (nSPS) is 10.9. The molecule has 0 spiro atoms. The topological polar surface area (TPSA) is 86.1 Å². The molecular weight excluding hydrogens is 388 g/mol. The molecule has 7 nitrogen and oxygen atoms in total. The van der Waals surface area contributed by atoms with Crippen LogP contribution in [-0.4, -0.2) is 27.7 Å². The molecule has 0 saturated carbocycles. The Balaban J connectivity index is 2.02. The van der Waals surface area contributed by atoms with Crippen molar-refractivity contribution in [3.05, 3.63) is 70.1 Å². The molecule has 0 aliphatic rings. The molecule has 8 heteroatoms. The number of carbonyl (C=O) groups excluding carboxylic acids is 1. The number of hydrogen-bond acceptors (Lipinski definition) is 6. The SMILES string of the molecule is COC(=O)Nc1nc(C)c(-c2nc3ccccc3c(=O)n2-c2ccccc2C)s1. The zero-order chi connectivity index (χ0) is 20.5. The molecule has 2 aromatic carbocycles. The third-order valence-electron chi connectivity index (χ3n) is 4.53. The Bertz CT molecular complexity index is 1290. The highest BCUT2D eigenvalue weighted by Gasteiger charge is 2.20. The van der Waals surface area contributed by atoms with Gasteiger partial charge in [-0.05, 0) is 37.6 Å². The summed E-state index contributed by atoms with van der Waals surface area (Å²) in [6.07, 6.45) is -0.604. The second-order valence-electron chi connectivity index (χ2n) is 6.43. The van der Waals surface area contributed by atoms with Crippen molar-refractivity contribution in [1.82, 2.24) is 14.5 Å². The van der Waals surface area contributed by atoms with Crippen molar-refractivity contribution in [3.63, 3.8) is 0 Å². The molecule has 1 N–H and O–H groups in total. The van der Waals surface area contributed by atoms with Crippen molar-refractivity contribution in [1.29, 1.82) is 0 Å². The number of methoxy groups -OCH3 is 1. The molecule has 29 heavy (non-hydrogen) atoms. The summed E-state index contributed by atoms with van der Waals surface area (Å²) in [5, 5.41) is 3.49. The number of para-hydroxylation sites is 2. The van der Waals surface area contributed by atoms with Gasteiger partial charge in [0.1, 0.15) is 0 Å². The van der Waals surface area contributed by atoms with E-state index in [2.05, 4.69) is 15.0 Å². The van der Waals surface area contributed by atoms with Gasteiger partial charge in [-0.2, -0.15) is 0 Å². The highest BCUT2D eigenvalue weighted by Crippen LogP contribution is 2.33. The second kappa shape index (κ2) is 7.48. The van der Waals surface area contributed by atoms with Crippen LogP contribution in [0.15, 0.2) is 53.3 Å². The number of benzene rings is 2. The van der Waals surface area contributed by atoms with E-state index in [9.17, 15) is 9.59 Å². The number of nitrogens with zero attached hydrogens (tertiary/aromatic N) is 3. The molecule has 4 aromatic rings. The summed E-state index contributed by atoms with van der Waals surface area (Å²) >= 11 is 1.24. The van der Waals surface area contributed by atoms with E-state index in [1.165, 1.54) is 18.4 Å². The molecule has 0 aliphatic heterocycles. The van der Waals surface area contributed by atoms with Crippen molar-refractivity contribution in [2.75, 3.05) is 12.4 Å². The van der Waals surface area contributed by atoms with Crippen molar-refractivity contribution < 1.29 is 9.53 Å². The van der Waals surface area contributed by atoms with Gasteiger partial charge in [-0.15, -0.1) is 0 Å². The van der Waals surface area contributed by atoms with Gasteiger partial charge >= 0.3 is 6.09 Å². The van der Waals surface area contributed by atoms with Gasteiger partial charge in [0.25, 0.3) is 5.56 Å². The molecule has 0 radical (unpaired) electrons. The first-order valence-electron chi connectivity index (χ1n) is 8.90. The lowest BCUT2D eigenvalue weighted by molar-refractivity contribution is 0.187. The first-order chi connectivity index (χ1) is 14.0. The van der Waals surface area contributed by atoms with Crippen molar-refractivity contribution in [2.45, 2.75) is 13.8 Å². The summed E-state index contributed by atoms with van der Waals surface area (Å²) in [6.45, 7) is 3.77. The number of rotatable bonds is 3. The lowest BCUT2D eigenvalue weighted by atomic mass is 10.1. The monoisotopic (exact) mass is 406 g/mol. The number of aryl methyl sites for hydroxylation is 2. The minimum atomic E-state index is -0.604. The standard InChI is InChI=1S/C21H18N4O3S/c1-12-8-4-7-11-16(12)25-18(23-15-10-6-5-9-14(15)19(25)26)17-13(2)22-20(29-17)24-21(27)28-3/h4-11H,1-3H3,(H,22,24,27). The van der Waals surface area contributed by atoms with Gasteiger partial charge in [0, 0.05) is 0 Å². The lowest BCUT2D eigenvalue weighted by Crippen LogP contribution is -2.22. The van der Waals surface area contributed by atoms with Crippen LogP contribution in [-0.2, 0) is 4.74 Å². The summed E-state index contributed by atoms with van der Waals surface area (Å²) in [4.78, 5) is 34.9. The molecule has 4 rings (SSSR count). The highest BCUT2D eigenvalue weighted by molar-refractivity contribution is 7.19. The number of ether oxygens (including phenoxy) is 1. The molecule has 2 aromatic heterocycles. The molecule has 2 heterocycles. The van der Waals surface area contributed by atoms with E-state index < -0.39 is 6.09 Å². The molecular formula is C21H18N4O3S. The maximum Gasteiger partial charge on any atom is 0.413 e. The number of fused-ring (bicyclic) bond motifs is 1. The average molecular weight is 406 g/mol. The predicted molar refractivity (Wildman–Crippen MR) is 114 cm³/mol. The molecule has 1 amide bonds. The van der Waals surface area contributed by atoms with Crippen molar-refractivity contribution in [2.24, 2.45) is 0 Å². The molecule has 0 fully saturated rings. The number of thiazole rings is 1. The summed E-state index contributed by atoms with van der Waals surface area (Å²) < 4.78 is 6.25. The Labute approximate surface area is 170 Å². The maximum atomic E-state index is 13.4. The quantitative estimate of drug-likeness (QED) is 0.548. The number of hydrogen-bond donors (Lipinski definition) is 1. The summed E-state index contributed by atoms with van der Waals surface area (Å²) in [5.41, 5.74) is 2.80. The Morgan fingerprint density at radius 2 is 1.79 bits per heavy atom.